The minimum Gasteiger partial charge on any atom is -0.465 e. The van der Waals surface area contributed by atoms with E-state index >= 15 is 0 Å². The normalized spacial score (nSPS) is 15.0. The van der Waals surface area contributed by atoms with Crippen molar-refractivity contribution in [3.8, 4) is 0 Å². The summed E-state index contributed by atoms with van der Waals surface area (Å²) >= 11 is 0. The maximum atomic E-state index is 11.3. The Labute approximate surface area is 73.1 Å². The third kappa shape index (κ3) is 2.06. The number of rotatable bonds is 4. The molecule has 0 aromatic carbocycles. The fourth-order valence-corrected chi connectivity index (χ4v) is 0.827. The molecule has 0 radical (unpaired) electrons. The first kappa shape index (κ1) is 11.1. The van der Waals surface area contributed by atoms with Crippen LogP contribution in [-0.2, 0) is 14.3 Å². The van der Waals surface area contributed by atoms with Crippen LogP contribution >= 0.6 is 0 Å². The van der Waals surface area contributed by atoms with Crippen molar-refractivity contribution in [3.05, 3.63) is 0 Å². The average Bonchev–Trinajstić information content (AvgIpc) is 2.03. The minimum atomic E-state index is -0.948. The molecular weight excluding hydrogens is 156 g/mol. The molecule has 1 atom stereocenters. The van der Waals surface area contributed by atoms with Crippen molar-refractivity contribution >= 4 is 11.8 Å². The highest BCUT2D eigenvalue weighted by Crippen LogP contribution is 2.23. The largest absolute Gasteiger partial charge is 0.465 e. The molecule has 0 saturated carbocycles. The number of carbonyl (C=O) groups excluding carboxylic acids is 2. The van der Waals surface area contributed by atoms with E-state index in [1.165, 1.54) is 6.92 Å². The number of ketones is 1. The number of ether oxygens (including phenoxy) is 1. The van der Waals surface area contributed by atoms with Gasteiger partial charge in [0.25, 0.3) is 0 Å². The van der Waals surface area contributed by atoms with Crippen molar-refractivity contribution in [2.24, 2.45) is 5.41 Å². The summed E-state index contributed by atoms with van der Waals surface area (Å²) in [5, 5.41) is 0. The van der Waals surface area contributed by atoms with Gasteiger partial charge in [-0.25, -0.2) is 0 Å². The van der Waals surface area contributed by atoms with Gasteiger partial charge in [0.05, 0.1) is 6.61 Å². The number of carbonyl (C=O) groups is 2. The molecule has 12 heavy (non-hydrogen) atoms. The molecule has 0 aliphatic carbocycles. The second kappa shape index (κ2) is 4.24. The summed E-state index contributed by atoms with van der Waals surface area (Å²) in [4.78, 5) is 22.4. The summed E-state index contributed by atoms with van der Waals surface area (Å²) in [5.41, 5.74) is -0.948. The van der Waals surface area contributed by atoms with Crippen molar-refractivity contribution in [1.82, 2.24) is 0 Å². The van der Waals surface area contributed by atoms with E-state index in [9.17, 15) is 9.59 Å². The van der Waals surface area contributed by atoms with Crippen LogP contribution in [0.5, 0.6) is 0 Å². The quantitative estimate of drug-likeness (QED) is 0.477. The molecular formula is C9H16O3. The van der Waals surface area contributed by atoms with Crippen LogP contribution in [0.4, 0.5) is 0 Å². The van der Waals surface area contributed by atoms with Gasteiger partial charge in [-0.3, -0.25) is 9.59 Å². The van der Waals surface area contributed by atoms with Crippen LogP contribution in [0.3, 0.4) is 0 Å². The molecule has 0 N–H and O–H groups in total. The molecule has 0 bridgehead atoms. The van der Waals surface area contributed by atoms with Crippen LogP contribution in [0.25, 0.3) is 0 Å². The van der Waals surface area contributed by atoms with E-state index in [1.54, 1.807) is 20.8 Å². The monoisotopic (exact) mass is 172 g/mol. The van der Waals surface area contributed by atoms with Gasteiger partial charge in [0.1, 0.15) is 11.2 Å². The molecule has 0 aromatic heterocycles. The lowest BCUT2D eigenvalue weighted by Crippen LogP contribution is -2.35. The van der Waals surface area contributed by atoms with Gasteiger partial charge >= 0.3 is 5.97 Å². The second-order valence-electron chi connectivity index (χ2n) is 2.96. The van der Waals surface area contributed by atoms with Gasteiger partial charge in [-0.05, 0) is 27.2 Å². The van der Waals surface area contributed by atoms with Crippen molar-refractivity contribution in [3.63, 3.8) is 0 Å². The highest BCUT2D eigenvalue weighted by molar-refractivity contribution is 6.02. The first-order valence-electron chi connectivity index (χ1n) is 4.17. The van der Waals surface area contributed by atoms with Gasteiger partial charge in [-0.1, -0.05) is 6.92 Å². The summed E-state index contributed by atoms with van der Waals surface area (Å²) in [6.07, 6.45) is 0.487. The molecule has 0 saturated heterocycles. The summed E-state index contributed by atoms with van der Waals surface area (Å²) in [6, 6.07) is 0. The Bertz CT molecular complexity index is 186. The predicted octanol–water partition coefficient (Wildman–Crippen LogP) is 1.55. The minimum absolute atomic E-state index is 0.136. The molecule has 3 nitrogen and oxygen atoms in total. The Morgan fingerprint density at radius 3 is 2.08 bits per heavy atom. The highest BCUT2D eigenvalue weighted by atomic mass is 16.5. The van der Waals surface area contributed by atoms with Crippen LogP contribution in [0.15, 0.2) is 0 Å². The molecule has 0 aliphatic rings. The van der Waals surface area contributed by atoms with Crippen LogP contribution < -0.4 is 0 Å². The molecule has 0 aromatic rings. The number of Topliss-reactive ketones (excluding diaryl/α,β-unsaturated/α-hetero) is 1. The first-order chi connectivity index (χ1) is 5.49. The lowest BCUT2D eigenvalue weighted by Gasteiger charge is -2.21. The zero-order chi connectivity index (χ0) is 9.78. The highest BCUT2D eigenvalue weighted by Gasteiger charge is 2.37. The number of esters is 1. The Hall–Kier alpha value is -0.860. The van der Waals surface area contributed by atoms with Crippen molar-refractivity contribution in [2.45, 2.75) is 34.1 Å². The molecule has 70 valence electrons. The van der Waals surface area contributed by atoms with Gasteiger partial charge in [0.2, 0.25) is 0 Å². The number of hydrogen-bond donors (Lipinski definition) is 0. The van der Waals surface area contributed by atoms with Crippen molar-refractivity contribution < 1.29 is 14.3 Å². The van der Waals surface area contributed by atoms with Crippen molar-refractivity contribution in [2.75, 3.05) is 6.61 Å². The smallest absolute Gasteiger partial charge is 0.319 e. The summed E-state index contributed by atoms with van der Waals surface area (Å²) in [6.45, 7) is 6.89. The third-order valence-electron chi connectivity index (χ3n) is 2.21. The molecule has 0 rings (SSSR count). The van der Waals surface area contributed by atoms with E-state index < -0.39 is 11.4 Å². The molecule has 3 heteroatoms. The Morgan fingerprint density at radius 1 is 1.33 bits per heavy atom. The lowest BCUT2D eigenvalue weighted by atomic mass is 9.84. The Kier molecular flexibility index (Phi) is 3.93. The van der Waals surface area contributed by atoms with Gasteiger partial charge in [-0.2, -0.15) is 0 Å². The van der Waals surface area contributed by atoms with Crippen LogP contribution in [-0.4, -0.2) is 18.4 Å². The van der Waals surface area contributed by atoms with Gasteiger partial charge < -0.3 is 4.74 Å². The zero-order valence-electron chi connectivity index (χ0n) is 8.14. The molecule has 0 fully saturated rings. The topological polar surface area (TPSA) is 43.4 Å². The Balaban J connectivity index is 4.52. The van der Waals surface area contributed by atoms with E-state index in [-0.39, 0.29) is 5.78 Å². The SMILES string of the molecule is CCOC(=O)[C@](C)(CC)C(C)=O. The summed E-state index contributed by atoms with van der Waals surface area (Å²) in [5.74, 6) is -0.552. The maximum absolute atomic E-state index is 11.3. The summed E-state index contributed by atoms with van der Waals surface area (Å²) in [7, 11) is 0. The van der Waals surface area contributed by atoms with Crippen LogP contribution in [0, 0.1) is 5.41 Å². The standard InChI is InChI=1S/C9H16O3/c1-5-9(4,7(3)10)8(11)12-6-2/h5-6H2,1-4H3/t9-/m1/s1. The average molecular weight is 172 g/mol. The first-order valence-corrected chi connectivity index (χ1v) is 4.17. The zero-order valence-corrected chi connectivity index (χ0v) is 8.14. The lowest BCUT2D eigenvalue weighted by molar-refractivity contribution is -0.158. The predicted molar refractivity (Wildman–Crippen MR) is 45.7 cm³/mol. The van der Waals surface area contributed by atoms with Gasteiger partial charge in [0.15, 0.2) is 0 Å². The van der Waals surface area contributed by atoms with Gasteiger partial charge in [-0.15, -0.1) is 0 Å². The summed E-state index contributed by atoms with van der Waals surface area (Å²) < 4.78 is 4.80. The van der Waals surface area contributed by atoms with Crippen LogP contribution in [0.2, 0.25) is 0 Å². The van der Waals surface area contributed by atoms with E-state index in [0.717, 1.165) is 0 Å². The second-order valence-corrected chi connectivity index (χ2v) is 2.96. The fourth-order valence-electron chi connectivity index (χ4n) is 0.827. The maximum Gasteiger partial charge on any atom is 0.319 e. The molecule has 0 amide bonds. The number of hydrogen-bond acceptors (Lipinski definition) is 3. The van der Waals surface area contributed by atoms with Gasteiger partial charge in [0, 0.05) is 0 Å². The van der Waals surface area contributed by atoms with E-state index in [1.807, 2.05) is 0 Å². The molecule has 0 unspecified atom stereocenters. The molecule has 0 heterocycles. The fraction of sp³-hybridized carbons (Fsp3) is 0.778. The van der Waals surface area contributed by atoms with E-state index in [4.69, 9.17) is 4.74 Å². The Morgan fingerprint density at radius 2 is 1.83 bits per heavy atom. The van der Waals surface area contributed by atoms with Crippen molar-refractivity contribution in [1.29, 1.82) is 0 Å². The third-order valence-corrected chi connectivity index (χ3v) is 2.21. The molecule has 0 aliphatic heterocycles. The molecule has 0 spiro atoms. The van der Waals surface area contributed by atoms with Crippen LogP contribution in [0.1, 0.15) is 34.1 Å². The van der Waals surface area contributed by atoms with E-state index in [0.29, 0.717) is 13.0 Å². The van der Waals surface area contributed by atoms with E-state index in [2.05, 4.69) is 0 Å².